The molecule has 1 heterocycles. The minimum Gasteiger partial charge on any atom is -0.350 e. The Bertz CT molecular complexity index is 987. The summed E-state index contributed by atoms with van der Waals surface area (Å²) in [6, 6.07) is 11.5. The van der Waals surface area contributed by atoms with E-state index < -0.39 is 17.0 Å². The Balaban J connectivity index is 1.63. The summed E-state index contributed by atoms with van der Waals surface area (Å²) >= 11 is 0.764. The Morgan fingerprint density at radius 1 is 1.14 bits per heavy atom. The Kier molecular flexibility index (Phi) is 5.94. The second-order valence-electron chi connectivity index (χ2n) is 6.36. The maximum atomic E-state index is 13.8. The van der Waals surface area contributed by atoms with E-state index in [9.17, 15) is 18.8 Å². The van der Waals surface area contributed by atoms with Gasteiger partial charge >= 0.3 is 0 Å². The van der Waals surface area contributed by atoms with E-state index in [0.717, 1.165) is 27.8 Å². The van der Waals surface area contributed by atoms with Crippen molar-refractivity contribution in [2.45, 2.75) is 13.8 Å². The van der Waals surface area contributed by atoms with Crippen LogP contribution in [-0.2, 0) is 4.79 Å². The molecule has 0 aliphatic carbocycles. The normalized spacial score (nSPS) is 15.4. The van der Waals surface area contributed by atoms with Gasteiger partial charge in [-0.05, 0) is 54.9 Å². The van der Waals surface area contributed by atoms with Crippen LogP contribution >= 0.6 is 11.8 Å². The summed E-state index contributed by atoms with van der Waals surface area (Å²) in [6.45, 7) is 3.98. The number of aryl methyl sites for hydroxylation is 1. The molecule has 2 aromatic rings. The molecule has 28 heavy (non-hydrogen) atoms. The molecule has 1 N–H and O–H groups in total. The lowest BCUT2D eigenvalue weighted by Crippen LogP contribution is -2.37. The zero-order chi connectivity index (χ0) is 20.3. The number of thioether (sulfide) groups is 1. The summed E-state index contributed by atoms with van der Waals surface area (Å²) in [6.07, 6.45) is 1.37. The number of hydrogen-bond donors (Lipinski definition) is 1. The first-order valence-electron chi connectivity index (χ1n) is 8.73. The Morgan fingerprint density at radius 2 is 1.89 bits per heavy atom. The summed E-state index contributed by atoms with van der Waals surface area (Å²) in [5, 5.41) is 2.30. The number of nitrogens with zero attached hydrogens (tertiary/aromatic N) is 1. The number of carbonyl (C=O) groups is 3. The van der Waals surface area contributed by atoms with E-state index in [2.05, 4.69) is 5.32 Å². The summed E-state index contributed by atoms with van der Waals surface area (Å²) < 4.78 is 13.8. The van der Waals surface area contributed by atoms with Gasteiger partial charge in [0.25, 0.3) is 17.1 Å². The van der Waals surface area contributed by atoms with Crippen LogP contribution in [-0.4, -0.2) is 35.0 Å². The first kappa shape index (κ1) is 19.8. The van der Waals surface area contributed by atoms with Crippen LogP contribution in [0.25, 0.3) is 6.08 Å². The summed E-state index contributed by atoms with van der Waals surface area (Å²) in [4.78, 5) is 38.2. The van der Waals surface area contributed by atoms with Gasteiger partial charge in [0.1, 0.15) is 5.82 Å². The van der Waals surface area contributed by atoms with Crippen LogP contribution in [0.15, 0.2) is 47.4 Å². The van der Waals surface area contributed by atoms with Crippen LogP contribution < -0.4 is 5.32 Å². The van der Waals surface area contributed by atoms with E-state index in [1.54, 1.807) is 24.3 Å². The third-order valence-electron chi connectivity index (χ3n) is 4.54. The molecule has 0 spiro atoms. The van der Waals surface area contributed by atoms with Crippen molar-refractivity contribution in [1.82, 2.24) is 10.2 Å². The number of carbonyl (C=O) groups excluding carboxylic acids is 3. The molecule has 2 aromatic carbocycles. The third-order valence-corrected chi connectivity index (χ3v) is 5.44. The van der Waals surface area contributed by atoms with Gasteiger partial charge in [-0.25, -0.2) is 4.39 Å². The summed E-state index contributed by atoms with van der Waals surface area (Å²) in [5.74, 6) is -1.20. The first-order chi connectivity index (χ1) is 13.4. The molecule has 0 saturated carbocycles. The highest BCUT2D eigenvalue weighted by atomic mass is 32.2. The standard InChI is InChI=1S/C21H19FN2O3S/c1-13-6-5-8-16(14(13)2)19(25)23-10-11-24-20(26)18(28-21(24)27)12-15-7-3-4-9-17(15)22/h3-9,12H,10-11H2,1-2H3,(H,23,25)/b18-12-. The lowest BCUT2D eigenvalue weighted by atomic mass is 10.0. The fraction of sp³-hybridized carbons (Fsp3) is 0.190. The first-order valence-corrected chi connectivity index (χ1v) is 9.54. The molecule has 3 amide bonds. The maximum Gasteiger partial charge on any atom is 0.293 e. The zero-order valence-electron chi connectivity index (χ0n) is 15.5. The lowest BCUT2D eigenvalue weighted by Gasteiger charge is -2.14. The monoisotopic (exact) mass is 398 g/mol. The number of amides is 3. The zero-order valence-corrected chi connectivity index (χ0v) is 16.3. The fourth-order valence-electron chi connectivity index (χ4n) is 2.80. The van der Waals surface area contributed by atoms with Gasteiger partial charge < -0.3 is 5.32 Å². The van der Waals surface area contributed by atoms with Gasteiger partial charge in [0.2, 0.25) is 0 Å². The molecule has 0 atom stereocenters. The number of imide groups is 1. The van der Waals surface area contributed by atoms with Crippen molar-refractivity contribution in [3.8, 4) is 0 Å². The molecule has 1 fully saturated rings. The van der Waals surface area contributed by atoms with Crippen molar-refractivity contribution in [3.05, 3.63) is 75.4 Å². The van der Waals surface area contributed by atoms with Crippen molar-refractivity contribution in [3.63, 3.8) is 0 Å². The van der Waals surface area contributed by atoms with E-state index in [0.29, 0.717) is 5.56 Å². The SMILES string of the molecule is Cc1cccc(C(=O)NCCN2C(=O)S/C(=C\c3ccccc3F)C2=O)c1C. The van der Waals surface area contributed by atoms with Crippen molar-refractivity contribution in [2.75, 3.05) is 13.1 Å². The van der Waals surface area contributed by atoms with Gasteiger partial charge in [-0.2, -0.15) is 0 Å². The van der Waals surface area contributed by atoms with Crippen molar-refractivity contribution >= 4 is 34.9 Å². The molecule has 1 aliphatic heterocycles. The smallest absolute Gasteiger partial charge is 0.293 e. The molecule has 0 radical (unpaired) electrons. The minimum absolute atomic E-state index is 0.0515. The molecule has 3 rings (SSSR count). The van der Waals surface area contributed by atoms with Crippen LogP contribution in [0.4, 0.5) is 9.18 Å². The average molecular weight is 398 g/mol. The average Bonchev–Trinajstić information content (AvgIpc) is 2.93. The van der Waals surface area contributed by atoms with Crippen LogP contribution in [0, 0.1) is 19.7 Å². The highest BCUT2D eigenvalue weighted by molar-refractivity contribution is 8.18. The van der Waals surface area contributed by atoms with Gasteiger partial charge in [-0.15, -0.1) is 0 Å². The van der Waals surface area contributed by atoms with Crippen molar-refractivity contribution < 1.29 is 18.8 Å². The van der Waals surface area contributed by atoms with Gasteiger partial charge in [0.05, 0.1) is 4.91 Å². The number of rotatable bonds is 5. The number of halogens is 1. The van der Waals surface area contributed by atoms with E-state index in [4.69, 9.17) is 0 Å². The molecule has 5 nitrogen and oxygen atoms in total. The molecular formula is C21H19FN2O3S. The van der Waals surface area contributed by atoms with Crippen LogP contribution in [0.1, 0.15) is 27.0 Å². The second-order valence-corrected chi connectivity index (χ2v) is 7.35. The van der Waals surface area contributed by atoms with Crippen LogP contribution in [0.3, 0.4) is 0 Å². The van der Waals surface area contributed by atoms with E-state index >= 15 is 0 Å². The van der Waals surface area contributed by atoms with E-state index in [1.165, 1.54) is 18.2 Å². The summed E-state index contributed by atoms with van der Waals surface area (Å²) in [5.41, 5.74) is 2.71. The molecule has 0 aromatic heterocycles. The molecular weight excluding hydrogens is 379 g/mol. The number of benzene rings is 2. The molecule has 1 saturated heterocycles. The highest BCUT2D eigenvalue weighted by Gasteiger charge is 2.34. The Labute approximate surface area is 166 Å². The van der Waals surface area contributed by atoms with Crippen molar-refractivity contribution in [2.24, 2.45) is 0 Å². The second kappa shape index (κ2) is 8.39. The Hall–Kier alpha value is -2.93. The summed E-state index contributed by atoms with van der Waals surface area (Å²) in [7, 11) is 0. The van der Waals surface area contributed by atoms with Gasteiger partial charge in [0.15, 0.2) is 0 Å². The largest absolute Gasteiger partial charge is 0.350 e. The number of hydrogen-bond acceptors (Lipinski definition) is 4. The predicted molar refractivity (Wildman–Crippen MR) is 107 cm³/mol. The van der Waals surface area contributed by atoms with Crippen LogP contribution in [0.2, 0.25) is 0 Å². The van der Waals surface area contributed by atoms with E-state index in [1.807, 2.05) is 19.9 Å². The minimum atomic E-state index is -0.487. The van der Waals surface area contributed by atoms with Gasteiger partial charge in [-0.1, -0.05) is 30.3 Å². The van der Waals surface area contributed by atoms with Gasteiger partial charge in [0, 0.05) is 24.2 Å². The molecule has 7 heteroatoms. The van der Waals surface area contributed by atoms with Gasteiger partial charge in [-0.3, -0.25) is 19.3 Å². The predicted octanol–water partition coefficient (Wildman–Crippen LogP) is 3.91. The van der Waals surface area contributed by atoms with E-state index in [-0.39, 0.29) is 29.5 Å². The third kappa shape index (κ3) is 4.14. The maximum absolute atomic E-state index is 13.8. The molecule has 144 valence electrons. The van der Waals surface area contributed by atoms with Crippen LogP contribution in [0.5, 0.6) is 0 Å². The molecule has 0 bridgehead atoms. The highest BCUT2D eigenvalue weighted by Crippen LogP contribution is 2.32. The Morgan fingerprint density at radius 3 is 2.64 bits per heavy atom. The number of nitrogens with one attached hydrogen (secondary N) is 1. The fourth-order valence-corrected chi connectivity index (χ4v) is 3.66. The van der Waals surface area contributed by atoms with Crippen molar-refractivity contribution in [1.29, 1.82) is 0 Å². The molecule has 1 aliphatic rings. The molecule has 0 unspecified atom stereocenters. The topological polar surface area (TPSA) is 66.5 Å². The quantitative estimate of drug-likeness (QED) is 0.776. The lowest BCUT2D eigenvalue weighted by molar-refractivity contribution is -0.122.